The van der Waals surface area contributed by atoms with Crippen molar-refractivity contribution in [1.29, 1.82) is 0 Å². The summed E-state index contributed by atoms with van der Waals surface area (Å²) in [5.41, 5.74) is 0.906. The molecule has 1 N–H and O–H groups in total. The number of nitrogens with one attached hydrogen (secondary N) is 1. The highest BCUT2D eigenvalue weighted by molar-refractivity contribution is 5.83. The van der Waals surface area contributed by atoms with Gasteiger partial charge in [-0.1, -0.05) is 55.1 Å². The fraction of sp³-hybridized carbons (Fsp3) is 0.250. The van der Waals surface area contributed by atoms with Gasteiger partial charge in [-0.05, 0) is 12.0 Å². The summed E-state index contributed by atoms with van der Waals surface area (Å²) in [5.74, 6) is -0.0321. The molecule has 0 unspecified atom stereocenters. The zero-order valence-corrected chi connectivity index (χ0v) is 11.4. The summed E-state index contributed by atoms with van der Waals surface area (Å²) < 4.78 is 4.99. The van der Waals surface area contributed by atoms with Crippen LogP contribution in [0.5, 0.6) is 0 Å². The molecule has 0 bridgehead atoms. The van der Waals surface area contributed by atoms with Crippen LogP contribution in [0, 0.1) is 0 Å². The number of benzene rings is 1. The molecule has 0 spiro atoms. The highest BCUT2D eigenvalue weighted by atomic mass is 16.5. The molecule has 0 heterocycles. The van der Waals surface area contributed by atoms with E-state index in [0.717, 1.165) is 5.56 Å². The summed E-state index contributed by atoms with van der Waals surface area (Å²) in [6, 6.07) is 9.37. The second-order valence-electron chi connectivity index (χ2n) is 4.16. The Morgan fingerprint density at radius 3 is 2.70 bits per heavy atom. The molecule has 0 radical (unpaired) electrons. The average molecular weight is 273 g/mol. The van der Waals surface area contributed by atoms with Crippen LogP contribution in [0.15, 0.2) is 55.1 Å². The zero-order chi connectivity index (χ0) is 14.6. The Hall–Kier alpha value is -2.36. The van der Waals surface area contributed by atoms with Gasteiger partial charge in [0.25, 0.3) is 0 Å². The predicted molar refractivity (Wildman–Crippen MR) is 78.2 cm³/mol. The lowest BCUT2D eigenvalue weighted by molar-refractivity contribution is -0.118. The summed E-state index contributed by atoms with van der Waals surface area (Å²) in [5, 5.41) is 2.44. The number of rotatable bonds is 8. The lowest BCUT2D eigenvalue weighted by Gasteiger charge is -2.06. The van der Waals surface area contributed by atoms with Crippen LogP contribution in [0.3, 0.4) is 0 Å². The molecule has 4 heteroatoms. The molecular weight excluding hydrogens is 254 g/mol. The van der Waals surface area contributed by atoms with Crippen molar-refractivity contribution in [3.8, 4) is 0 Å². The van der Waals surface area contributed by atoms with Crippen LogP contribution >= 0.6 is 0 Å². The summed E-state index contributed by atoms with van der Waals surface area (Å²) in [7, 11) is 0. The number of allylic oxidation sites excluding steroid dienone is 3. The van der Waals surface area contributed by atoms with Gasteiger partial charge in [0.2, 0.25) is 0 Å². The molecule has 1 aromatic rings. The molecule has 0 fully saturated rings. The Labute approximate surface area is 119 Å². The van der Waals surface area contributed by atoms with Crippen molar-refractivity contribution in [1.82, 2.24) is 5.32 Å². The smallest absolute Gasteiger partial charge is 0.407 e. The van der Waals surface area contributed by atoms with Crippen LogP contribution in [-0.2, 0) is 16.1 Å². The first-order chi connectivity index (χ1) is 9.72. The van der Waals surface area contributed by atoms with Gasteiger partial charge in [0, 0.05) is 6.42 Å². The first-order valence-electron chi connectivity index (χ1n) is 6.46. The number of Topliss-reactive ketones (excluding diaryl/α,β-unsaturated/α-hetero) is 1. The molecular formula is C16H19NO3. The van der Waals surface area contributed by atoms with Gasteiger partial charge in [0.05, 0.1) is 6.54 Å². The second-order valence-corrected chi connectivity index (χ2v) is 4.16. The third-order valence-corrected chi connectivity index (χ3v) is 2.50. The molecule has 106 valence electrons. The van der Waals surface area contributed by atoms with Gasteiger partial charge >= 0.3 is 6.09 Å². The maximum Gasteiger partial charge on any atom is 0.407 e. The van der Waals surface area contributed by atoms with E-state index in [0.29, 0.717) is 12.8 Å². The third kappa shape index (κ3) is 7.16. The number of ketones is 1. The first-order valence-corrected chi connectivity index (χ1v) is 6.46. The molecule has 20 heavy (non-hydrogen) atoms. The Morgan fingerprint density at radius 2 is 2.00 bits per heavy atom. The normalized spacial score (nSPS) is 10.2. The van der Waals surface area contributed by atoms with Crippen LogP contribution in [-0.4, -0.2) is 18.4 Å². The fourth-order valence-electron chi connectivity index (χ4n) is 1.47. The molecule has 0 atom stereocenters. The molecule has 1 rings (SSSR count). The highest BCUT2D eigenvalue weighted by Crippen LogP contribution is 2.00. The summed E-state index contributed by atoms with van der Waals surface area (Å²) in [4.78, 5) is 22.8. The largest absolute Gasteiger partial charge is 0.445 e. The number of hydrogen-bond donors (Lipinski definition) is 1. The monoisotopic (exact) mass is 273 g/mol. The summed E-state index contributed by atoms with van der Waals surface area (Å²) in [6.45, 7) is 3.73. The van der Waals surface area contributed by atoms with Gasteiger partial charge in [0.1, 0.15) is 6.61 Å². The molecule has 0 saturated carbocycles. The number of hydrogen-bond acceptors (Lipinski definition) is 3. The Morgan fingerprint density at radius 1 is 1.25 bits per heavy atom. The number of amides is 1. The lowest BCUT2D eigenvalue weighted by atomic mass is 10.2. The minimum absolute atomic E-state index is 0.00441. The van der Waals surface area contributed by atoms with Crippen LogP contribution in [0.2, 0.25) is 0 Å². The second kappa shape index (κ2) is 9.55. The first kappa shape index (κ1) is 15.7. The Bertz CT molecular complexity index is 466. The van der Waals surface area contributed by atoms with E-state index in [2.05, 4.69) is 11.9 Å². The van der Waals surface area contributed by atoms with Gasteiger partial charge < -0.3 is 10.1 Å². The Kier molecular flexibility index (Phi) is 7.50. The minimum Gasteiger partial charge on any atom is -0.445 e. The Balaban J connectivity index is 2.15. The van der Waals surface area contributed by atoms with Crippen molar-refractivity contribution in [2.45, 2.75) is 19.4 Å². The van der Waals surface area contributed by atoms with Gasteiger partial charge in [-0.25, -0.2) is 4.79 Å². The maximum absolute atomic E-state index is 11.5. The molecule has 1 aromatic carbocycles. The van der Waals surface area contributed by atoms with Crippen molar-refractivity contribution in [2.24, 2.45) is 0 Å². The predicted octanol–water partition coefficient (Wildman–Crippen LogP) is 3.00. The van der Waals surface area contributed by atoms with Crippen molar-refractivity contribution in [3.05, 3.63) is 60.7 Å². The topological polar surface area (TPSA) is 55.4 Å². The summed E-state index contributed by atoms with van der Waals surface area (Å²) >= 11 is 0. The van der Waals surface area contributed by atoms with E-state index >= 15 is 0 Å². The van der Waals surface area contributed by atoms with Crippen LogP contribution < -0.4 is 5.32 Å². The van der Waals surface area contributed by atoms with Crippen molar-refractivity contribution >= 4 is 11.9 Å². The SMILES string of the molecule is C=C/C=C/CCC(=O)CNC(=O)OCc1ccccc1. The van der Waals surface area contributed by atoms with E-state index in [4.69, 9.17) is 4.74 Å². The number of ether oxygens (including phenoxy) is 1. The van der Waals surface area contributed by atoms with Gasteiger partial charge in [-0.15, -0.1) is 0 Å². The van der Waals surface area contributed by atoms with Gasteiger partial charge in [-0.2, -0.15) is 0 Å². The van der Waals surface area contributed by atoms with Crippen molar-refractivity contribution in [3.63, 3.8) is 0 Å². The molecule has 0 aliphatic rings. The van der Waals surface area contributed by atoms with E-state index in [1.165, 1.54) is 0 Å². The van der Waals surface area contributed by atoms with E-state index in [1.807, 2.05) is 36.4 Å². The lowest BCUT2D eigenvalue weighted by Crippen LogP contribution is -2.29. The molecule has 0 aromatic heterocycles. The average Bonchev–Trinajstić information content (AvgIpc) is 2.48. The summed E-state index contributed by atoms with van der Waals surface area (Å²) in [6.07, 6.45) is 5.76. The van der Waals surface area contributed by atoms with Crippen LogP contribution in [0.4, 0.5) is 4.79 Å². The number of alkyl carbamates (subject to hydrolysis) is 1. The molecule has 4 nitrogen and oxygen atoms in total. The van der Waals surface area contributed by atoms with Gasteiger partial charge in [0.15, 0.2) is 5.78 Å². The molecule has 1 amide bonds. The standard InChI is InChI=1S/C16H19NO3/c1-2-3-4-8-11-15(18)12-17-16(19)20-13-14-9-6-5-7-10-14/h2-7,9-10H,1,8,11-13H2,(H,17,19)/b4-3+. The van der Waals surface area contributed by atoms with Gasteiger partial charge in [-0.3, -0.25) is 4.79 Å². The third-order valence-electron chi connectivity index (χ3n) is 2.50. The maximum atomic E-state index is 11.5. The minimum atomic E-state index is -0.580. The zero-order valence-electron chi connectivity index (χ0n) is 11.4. The molecule has 0 saturated heterocycles. The molecule has 0 aliphatic carbocycles. The highest BCUT2D eigenvalue weighted by Gasteiger charge is 2.05. The fourth-order valence-corrected chi connectivity index (χ4v) is 1.47. The molecule has 0 aliphatic heterocycles. The van der Waals surface area contributed by atoms with E-state index < -0.39 is 6.09 Å². The van der Waals surface area contributed by atoms with E-state index in [-0.39, 0.29) is 18.9 Å². The van der Waals surface area contributed by atoms with Crippen molar-refractivity contribution < 1.29 is 14.3 Å². The van der Waals surface area contributed by atoms with E-state index in [9.17, 15) is 9.59 Å². The van der Waals surface area contributed by atoms with Crippen LogP contribution in [0.1, 0.15) is 18.4 Å². The number of carbonyl (C=O) groups excluding carboxylic acids is 2. The van der Waals surface area contributed by atoms with E-state index in [1.54, 1.807) is 12.2 Å². The van der Waals surface area contributed by atoms with Crippen molar-refractivity contribution in [2.75, 3.05) is 6.54 Å². The quantitative estimate of drug-likeness (QED) is 0.741. The van der Waals surface area contributed by atoms with Crippen LogP contribution in [0.25, 0.3) is 0 Å². The number of carbonyl (C=O) groups is 2.